The number of anilines is 1. The molecule has 2 aromatic rings. The Morgan fingerprint density at radius 3 is 2.52 bits per heavy atom. The van der Waals surface area contributed by atoms with Crippen LogP contribution in [-0.2, 0) is 19.3 Å². The molecule has 3 rings (SSSR count). The van der Waals surface area contributed by atoms with Crippen molar-refractivity contribution in [3.8, 4) is 0 Å². The number of rotatable bonds is 5. The van der Waals surface area contributed by atoms with E-state index < -0.39 is 0 Å². The first-order chi connectivity index (χ1) is 11.2. The van der Waals surface area contributed by atoms with Crippen LogP contribution in [0.15, 0.2) is 28.9 Å². The lowest BCUT2D eigenvalue weighted by Crippen LogP contribution is -2.19. The van der Waals surface area contributed by atoms with Crippen LogP contribution in [0.1, 0.15) is 55.7 Å². The fourth-order valence-corrected chi connectivity index (χ4v) is 4.05. The molecule has 1 aliphatic rings. The molecule has 1 aromatic carbocycles. The van der Waals surface area contributed by atoms with Crippen molar-refractivity contribution < 1.29 is 0 Å². The number of hydrogen-bond donors (Lipinski definition) is 1. The third-order valence-electron chi connectivity index (χ3n) is 4.82. The summed E-state index contributed by atoms with van der Waals surface area (Å²) in [5.41, 5.74) is 4.94. The fourth-order valence-electron chi connectivity index (χ4n) is 3.47. The molecule has 0 aliphatic heterocycles. The van der Waals surface area contributed by atoms with Gasteiger partial charge in [0.15, 0.2) is 0 Å². The second kappa shape index (κ2) is 7.00. The average Bonchev–Trinajstić information content (AvgIpc) is 2.93. The van der Waals surface area contributed by atoms with Gasteiger partial charge < -0.3 is 5.32 Å². The molecule has 0 amide bonds. The smallest absolute Gasteiger partial charge is 0.148 e. The molecule has 0 saturated heterocycles. The summed E-state index contributed by atoms with van der Waals surface area (Å²) in [6, 6.07) is 9.12. The van der Waals surface area contributed by atoms with Crippen LogP contribution < -0.4 is 5.32 Å². The molecule has 2 atom stereocenters. The normalized spacial score (nSPS) is 19.7. The quantitative estimate of drug-likeness (QED) is 0.791. The first-order valence-electron chi connectivity index (χ1n) is 8.57. The molecular formula is C19H24BrN3. The predicted octanol–water partition coefficient (Wildman–Crippen LogP) is 5.10. The van der Waals surface area contributed by atoms with Gasteiger partial charge in [0.1, 0.15) is 10.4 Å². The molecule has 122 valence electrons. The molecule has 3 nitrogen and oxygen atoms in total. The lowest BCUT2D eigenvalue weighted by Gasteiger charge is -2.23. The highest BCUT2D eigenvalue weighted by molar-refractivity contribution is 9.10. The largest absolute Gasteiger partial charge is 0.361 e. The van der Waals surface area contributed by atoms with Gasteiger partial charge in [-0.1, -0.05) is 51.5 Å². The van der Waals surface area contributed by atoms with Crippen molar-refractivity contribution in [2.24, 2.45) is 5.92 Å². The third kappa shape index (κ3) is 3.14. The van der Waals surface area contributed by atoms with Gasteiger partial charge in [-0.3, -0.25) is 0 Å². The Morgan fingerprint density at radius 2 is 1.83 bits per heavy atom. The zero-order valence-electron chi connectivity index (χ0n) is 14.1. The van der Waals surface area contributed by atoms with Gasteiger partial charge in [0.25, 0.3) is 0 Å². The van der Waals surface area contributed by atoms with E-state index in [0.717, 1.165) is 41.1 Å². The Balaban J connectivity index is 1.97. The molecular weight excluding hydrogens is 350 g/mol. The molecule has 0 saturated carbocycles. The lowest BCUT2D eigenvalue weighted by molar-refractivity contribution is 0.474. The monoisotopic (exact) mass is 373 g/mol. The van der Waals surface area contributed by atoms with Crippen molar-refractivity contribution in [2.45, 2.75) is 52.5 Å². The van der Waals surface area contributed by atoms with Crippen LogP contribution in [0.5, 0.6) is 0 Å². The maximum atomic E-state index is 4.85. The van der Waals surface area contributed by atoms with Crippen LogP contribution in [0.2, 0.25) is 0 Å². The van der Waals surface area contributed by atoms with E-state index in [-0.39, 0.29) is 0 Å². The van der Waals surface area contributed by atoms with Gasteiger partial charge >= 0.3 is 0 Å². The van der Waals surface area contributed by atoms with Gasteiger partial charge in [0.2, 0.25) is 0 Å². The van der Waals surface area contributed by atoms with E-state index in [9.17, 15) is 0 Å². The standard InChI is InChI=1S/C19H24BrN3/c1-4-12-11-13-9-7-8-10-14(13)17(12)23-19-16(6-3)21-18(20)15(5-2)22-19/h7-10,12,17H,4-6,11H2,1-3H3,(H,22,23). The number of benzene rings is 1. The summed E-state index contributed by atoms with van der Waals surface area (Å²) in [4.78, 5) is 9.55. The lowest BCUT2D eigenvalue weighted by atomic mass is 9.98. The zero-order chi connectivity index (χ0) is 16.4. The van der Waals surface area contributed by atoms with Gasteiger partial charge in [-0.15, -0.1) is 0 Å². The summed E-state index contributed by atoms with van der Waals surface area (Å²) in [5.74, 6) is 1.57. The maximum absolute atomic E-state index is 4.85. The SMILES string of the molecule is CCc1nc(NC2c3ccccc3CC2CC)c(CC)nc1Br. The van der Waals surface area contributed by atoms with Crippen molar-refractivity contribution in [1.29, 1.82) is 0 Å². The Hall–Kier alpha value is -1.42. The molecule has 1 aliphatic carbocycles. The van der Waals surface area contributed by atoms with E-state index in [4.69, 9.17) is 9.97 Å². The van der Waals surface area contributed by atoms with Gasteiger partial charge in [0.05, 0.1) is 17.4 Å². The molecule has 0 fully saturated rings. The molecule has 2 unspecified atom stereocenters. The summed E-state index contributed by atoms with van der Waals surface area (Å²) in [6.07, 6.45) is 4.07. The molecule has 0 spiro atoms. The summed E-state index contributed by atoms with van der Waals surface area (Å²) >= 11 is 3.54. The van der Waals surface area contributed by atoms with E-state index in [1.165, 1.54) is 17.5 Å². The first-order valence-corrected chi connectivity index (χ1v) is 9.36. The van der Waals surface area contributed by atoms with E-state index in [2.05, 4.69) is 66.3 Å². The maximum Gasteiger partial charge on any atom is 0.148 e. The predicted molar refractivity (Wildman–Crippen MR) is 98.8 cm³/mol. The van der Waals surface area contributed by atoms with E-state index in [1.807, 2.05) is 0 Å². The molecule has 1 heterocycles. The van der Waals surface area contributed by atoms with E-state index in [0.29, 0.717) is 12.0 Å². The Bertz CT molecular complexity index is 699. The molecule has 23 heavy (non-hydrogen) atoms. The highest BCUT2D eigenvalue weighted by Gasteiger charge is 2.31. The topological polar surface area (TPSA) is 37.8 Å². The minimum absolute atomic E-state index is 0.335. The van der Waals surface area contributed by atoms with Gasteiger partial charge in [-0.2, -0.15) is 0 Å². The van der Waals surface area contributed by atoms with Crippen LogP contribution in [0.3, 0.4) is 0 Å². The number of aromatic nitrogens is 2. The van der Waals surface area contributed by atoms with Crippen LogP contribution in [0.25, 0.3) is 0 Å². The highest BCUT2D eigenvalue weighted by atomic mass is 79.9. The van der Waals surface area contributed by atoms with Gasteiger partial charge in [0, 0.05) is 0 Å². The minimum Gasteiger partial charge on any atom is -0.361 e. The van der Waals surface area contributed by atoms with Gasteiger partial charge in [-0.25, -0.2) is 9.97 Å². The van der Waals surface area contributed by atoms with Crippen LogP contribution in [0.4, 0.5) is 5.82 Å². The van der Waals surface area contributed by atoms with Crippen molar-refractivity contribution >= 4 is 21.7 Å². The van der Waals surface area contributed by atoms with Crippen molar-refractivity contribution in [1.82, 2.24) is 9.97 Å². The molecule has 1 aromatic heterocycles. The second-order valence-electron chi connectivity index (χ2n) is 6.16. The minimum atomic E-state index is 0.335. The van der Waals surface area contributed by atoms with Crippen molar-refractivity contribution in [2.75, 3.05) is 5.32 Å². The fraction of sp³-hybridized carbons (Fsp3) is 0.474. The number of nitrogens with one attached hydrogen (secondary N) is 1. The van der Waals surface area contributed by atoms with Crippen LogP contribution in [0, 0.1) is 5.92 Å². The van der Waals surface area contributed by atoms with Crippen molar-refractivity contribution in [3.63, 3.8) is 0 Å². The number of nitrogens with zero attached hydrogens (tertiary/aromatic N) is 2. The summed E-state index contributed by atoms with van der Waals surface area (Å²) in [6.45, 7) is 6.52. The number of hydrogen-bond acceptors (Lipinski definition) is 3. The first kappa shape index (κ1) is 16.4. The summed E-state index contributed by atoms with van der Waals surface area (Å²) in [7, 11) is 0. The Labute approximate surface area is 147 Å². The molecule has 1 N–H and O–H groups in total. The van der Waals surface area contributed by atoms with Crippen LogP contribution in [-0.4, -0.2) is 9.97 Å². The zero-order valence-corrected chi connectivity index (χ0v) is 15.7. The summed E-state index contributed by atoms with van der Waals surface area (Å²) in [5, 5.41) is 3.73. The van der Waals surface area contributed by atoms with E-state index in [1.54, 1.807) is 0 Å². The summed E-state index contributed by atoms with van der Waals surface area (Å²) < 4.78 is 0.876. The van der Waals surface area contributed by atoms with Crippen LogP contribution >= 0.6 is 15.9 Å². The molecule has 0 bridgehead atoms. The Kier molecular flexibility index (Phi) is 5.00. The van der Waals surface area contributed by atoms with Crippen molar-refractivity contribution in [3.05, 3.63) is 51.4 Å². The molecule has 4 heteroatoms. The van der Waals surface area contributed by atoms with E-state index >= 15 is 0 Å². The number of halogens is 1. The highest BCUT2D eigenvalue weighted by Crippen LogP contribution is 2.40. The Morgan fingerprint density at radius 1 is 1.09 bits per heavy atom. The molecule has 0 radical (unpaired) electrons. The second-order valence-corrected chi connectivity index (χ2v) is 6.91. The average molecular weight is 374 g/mol. The number of fused-ring (bicyclic) bond motifs is 1. The number of aryl methyl sites for hydroxylation is 2. The third-order valence-corrected chi connectivity index (χ3v) is 5.46. The van der Waals surface area contributed by atoms with Gasteiger partial charge in [-0.05, 0) is 52.2 Å².